The van der Waals surface area contributed by atoms with E-state index in [1.807, 2.05) is 13.0 Å². The minimum absolute atomic E-state index is 0.602. The molecule has 0 bridgehead atoms. The van der Waals surface area contributed by atoms with Crippen LogP contribution in [-0.2, 0) is 6.54 Å². The van der Waals surface area contributed by atoms with E-state index in [1.54, 1.807) is 6.20 Å². The summed E-state index contributed by atoms with van der Waals surface area (Å²) in [6.07, 6.45) is 1.80. The molecule has 16 heavy (non-hydrogen) atoms. The first-order valence-corrected chi connectivity index (χ1v) is 5.82. The predicted octanol–water partition coefficient (Wildman–Crippen LogP) is 2.35. The number of anilines is 2. The number of aromatic nitrogens is 2. The van der Waals surface area contributed by atoms with Crippen LogP contribution in [0.25, 0.3) is 0 Å². The Morgan fingerprint density at radius 3 is 2.88 bits per heavy atom. The smallest absolute Gasteiger partial charge is 0.142 e. The number of hydrogen-bond donors (Lipinski definition) is 2. The van der Waals surface area contributed by atoms with E-state index in [0.29, 0.717) is 12.4 Å². The molecule has 0 aliphatic rings. The Labute approximate surface area is 98.7 Å². The first-order chi connectivity index (χ1) is 7.68. The summed E-state index contributed by atoms with van der Waals surface area (Å²) in [6, 6.07) is 3.99. The second-order valence-corrected chi connectivity index (χ2v) is 4.42. The summed E-state index contributed by atoms with van der Waals surface area (Å²) in [5.41, 5.74) is 8.93. The Hall–Kier alpha value is -1.62. The van der Waals surface area contributed by atoms with Gasteiger partial charge in [-0.15, -0.1) is 0 Å². The van der Waals surface area contributed by atoms with Crippen molar-refractivity contribution in [3.8, 4) is 0 Å². The molecule has 0 saturated carbocycles. The summed E-state index contributed by atoms with van der Waals surface area (Å²) in [6.45, 7) is 4.72. The average molecular weight is 234 g/mol. The van der Waals surface area contributed by atoms with Crippen LogP contribution in [-0.4, -0.2) is 9.36 Å². The van der Waals surface area contributed by atoms with Crippen molar-refractivity contribution in [2.75, 3.05) is 11.1 Å². The Morgan fingerprint density at radius 2 is 2.25 bits per heavy atom. The third-order valence-electron chi connectivity index (χ3n) is 2.49. The topological polar surface area (TPSA) is 63.8 Å². The van der Waals surface area contributed by atoms with Crippen molar-refractivity contribution < 1.29 is 0 Å². The predicted molar refractivity (Wildman–Crippen MR) is 67.6 cm³/mol. The number of nitrogens with two attached hydrogens (primary N) is 1. The minimum atomic E-state index is 0.602. The van der Waals surface area contributed by atoms with Crippen LogP contribution >= 0.6 is 11.5 Å². The van der Waals surface area contributed by atoms with Gasteiger partial charge in [-0.3, -0.25) is 4.98 Å². The van der Waals surface area contributed by atoms with Crippen molar-refractivity contribution in [2.24, 2.45) is 0 Å². The van der Waals surface area contributed by atoms with Gasteiger partial charge in [-0.25, -0.2) is 0 Å². The molecule has 0 saturated heterocycles. The largest absolute Gasteiger partial charge is 0.383 e. The number of hydrogen-bond acceptors (Lipinski definition) is 5. The maximum absolute atomic E-state index is 5.68. The zero-order valence-electron chi connectivity index (χ0n) is 9.32. The number of aryl methyl sites for hydroxylation is 1. The van der Waals surface area contributed by atoms with E-state index in [2.05, 4.69) is 27.7 Å². The van der Waals surface area contributed by atoms with Crippen LogP contribution in [0.15, 0.2) is 18.3 Å². The summed E-state index contributed by atoms with van der Waals surface area (Å²) in [5, 5.41) is 4.32. The lowest BCUT2D eigenvalue weighted by Gasteiger charge is -2.06. The SMILES string of the molecule is Cc1cccnc1CNc1snc(N)c1C. The van der Waals surface area contributed by atoms with E-state index in [0.717, 1.165) is 16.3 Å². The van der Waals surface area contributed by atoms with Gasteiger partial charge >= 0.3 is 0 Å². The molecule has 2 heterocycles. The molecule has 0 unspecified atom stereocenters. The Bertz CT molecular complexity index is 492. The molecule has 2 rings (SSSR count). The lowest BCUT2D eigenvalue weighted by Crippen LogP contribution is -2.03. The van der Waals surface area contributed by atoms with E-state index < -0.39 is 0 Å². The van der Waals surface area contributed by atoms with Crippen LogP contribution in [0.4, 0.5) is 10.8 Å². The normalized spacial score (nSPS) is 10.4. The fourth-order valence-electron chi connectivity index (χ4n) is 1.38. The highest BCUT2D eigenvalue weighted by Crippen LogP contribution is 2.25. The quantitative estimate of drug-likeness (QED) is 0.855. The molecule has 0 aliphatic carbocycles. The second kappa shape index (κ2) is 4.49. The van der Waals surface area contributed by atoms with E-state index in [4.69, 9.17) is 5.73 Å². The van der Waals surface area contributed by atoms with Gasteiger partial charge in [-0.1, -0.05) is 6.07 Å². The van der Waals surface area contributed by atoms with Gasteiger partial charge in [-0.2, -0.15) is 4.37 Å². The third kappa shape index (κ3) is 2.14. The van der Waals surface area contributed by atoms with Gasteiger partial charge in [-0.05, 0) is 37.0 Å². The molecular formula is C11H14N4S. The van der Waals surface area contributed by atoms with Crippen LogP contribution < -0.4 is 11.1 Å². The van der Waals surface area contributed by atoms with Gasteiger partial charge in [0.2, 0.25) is 0 Å². The molecule has 0 atom stereocenters. The fourth-order valence-corrected chi connectivity index (χ4v) is 2.09. The van der Waals surface area contributed by atoms with Crippen molar-refractivity contribution in [3.63, 3.8) is 0 Å². The van der Waals surface area contributed by atoms with Gasteiger partial charge in [0.05, 0.1) is 12.2 Å². The van der Waals surface area contributed by atoms with Crippen LogP contribution in [0.1, 0.15) is 16.8 Å². The standard InChI is InChI=1S/C11H14N4S/c1-7-4-3-5-13-9(7)6-14-11-8(2)10(12)15-16-11/h3-5,14H,6H2,1-2H3,(H2,12,15). The Balaban J connectivity index is 2.08. The maximum atomic E-state index is 5.68. The van der Waals surface area contributed by atoms with Crippen molar-refractivity contribution in [2.45, 2.75) is 20.4 Å². The number of nitrogens with zero attached hydrogens (tertiary/aromatic N) is 2. The molecular weight excluding hydrogens is 220 g/mol. The van der Waals surface area contributed by atoms with Crippen LogP contribution in [0.3, 0.4) is 0 Å². The van der Waals surface area contributed by atoms with E-state index in [1.165, 1.54) is 17.1 Å². The van der Waals surface area contributed by atoms with Gasteiger partial charge in [0.1, 0.15) is 10.8 Å². The average Bonchev–Trinajstić information content (AvgIpc) is 2.59. The summed E-state index contributed by atoms with van der Waals surface area (Å²) in [5.74, 6) is 0.602. The molecule has 0 fully saturated rings. The van der Waals surface area contributed by atoms with Gasteiger partial charge in [0.25, 0.3) is 0 Å². The van der Waals surface area contributed by atoms with Crippen molar-refractivity contribution in [1.82, 2.24) is 9.36 Å². The zero-order chi connectivity index (χ0) is 11.5. The van der Waals surface area contributed by atoms with Crippen molar-refractivity contribution >= 4 is 22.4 Å². The van der Waals surface area contributed by atoms with Crippen LogP contribution in [0.2, 0.25) is 0 Å². The first kappa shape index (κ1) is 10.9. The van der Waals surface area contributed by atoms with Crippen LogP contribution in [0.5, 0.6) is 0 Å². The molecule has 5 heteroatoms. The summed E-state index contributed by atoms with van der Waals surface area (Å²) in [4.78, 5) is 4.32. The molecule has 0 aliphatic heterocycles. The molecule has 2 aromatic rings. The van der Waals surface area contributed by atoms with Crippen molar-refractivity contribution in [3.05, 3.63) is 35.2 Å². The number of pyridine rings is 1. The van der Waals surface area contributed by atoms with Gasteiger partial charge in [0, 0.05) is 11.8 Å². The second-order valence-electron chi connectivity index (χ2n) is 3.64. The van der Waals surface area contributed by atoms with E-state index in [9.17, 15) is 0 Å². The van der Waals surface area contributed by atoms with Gasteiger partial charge < -0.3 is 11.1 Å². The third-order valence-corrected chi connectivity index (χ3v) is 3.42. The Kier molecular flexibility index (Phi) is 3.05. The molecule has 0 aromatic carbocycles. The number of rotatable bonds is 3. The highest BCUT2D eigenvalue weighted by Gasteiger charge is 2.06. The maximum Gasteiger partial charge on any atom is 0.142 e. The van der Waals surface area contributed by atoms with E-state index >= 15 is 0 Å². The fraction of sp³-hybridized carbons (Fsp3) is 0.273. The zero-order valence-corrected chi connectivity index (χ0v) is 10.1. The van der Waals surface area contributed by atoms with Gasteiger partial charge in [0.15, 0.2) is 0 Å². The molecule has 0 spiro atoms. The van der Waals surface area contributed by atoms with Crippen molar-refractivity contribution in [1.29, 1.82) is 0 Å². The first-order valence-electron chi connectivity index (χ1n) is 5.04. The van der Waals surface area contributed by atoms with Crippen LogP contribution in [0, 0.1) is 13.8 Å². The molecule has 2 aromatic heterocycles. The lowest BCUT2D eigenvalue weighted by molar-refractivity contribution is 1.02. The summed E-state index contributed by atoms with van der Waals surface area (Å²) >= 11 is 1.39. The summed E-state index contributed by atoms with van der Waals surface area (Å²) in [7, 11) is 0. The Morgan fingerprint density at radius 1 is 1.44 bits per heavy atom. The molecule has 84 valence electrons. The van der Waals surface area contributed by atoms with E-state index in [-0.39, 0.29) is 0 Å². The number of nitrogens with one attached hydrogen (secondary N) is 1. The highest BCUT2D eigenvalue weighted by atomic mass is 32.1. The molecule has 0 radical (unpaired) electrons. The monoisotopic (exact) mass is 234 g/mol. The number of nitrogen functional groups attached to an aromatic ring is 1. The molecule has 4 nitrogen and oxygen atoms in total. The molecule has 0 amide bonds. The summed E-state index contributed by atoms with van der Waals surface area (Å²) < 4.78 is 4.09. The minimum Gasteiger partial charge on any atom is -0.383 e. The lowest BCUT2D eigenvalue weighted by atomic mass is 10.2. The highest BCUT2D eigenvalue weighted by molar-refractivity contribution is 7.10. The molecule has 3 N–H and O–H groups in total.